The molecule has 0 atom stereocenters. The first kappa shape index (κ1) is 20.8. The lowest BCUT2D eigenvalue weighted by Crippen LogP contribution is -2.34. The molecule has 0 aliphatic heterocycles. The van der Waals surface area contributed by atoms with Crippen LogP contribution < -0.4 is 14.8 Å². The number of nitrogens with zero attached hydrogens (tertiary/aromatic N) is 1. The molecular weight excluding hydrogens is 320 g/mol. The van der Waals surface area contributed by atoms with E-state index in [4.69, 9.17) is 9.47 Å². The quantitative estimate of drug-likeness (QED) is 0.704. The van der Waals surface area contributed by atoms with Crippen LogP contribution in [0.3, 0.4) is 0 Å². The van der Waals surface area contributed by atoms with Gasteiger partial charge in [-0.15, -0.1) is 0 Å². The van der Waals surface area contributed by atoms with Crippen molar-refractivity contribution in [2.75, 3.05) is 27.3 Å². The van der Waals surface area contributed by atoms with Gasteiger partial charge >= 0.3 is 0 Å². The molecule has 0 saturated carbocycles. The molecule has 0 aliphatic carbocycles. The SMILES string of the molecule is COc1ccc(CNC(=O)CCN(CCC(C)C)C(C)=O)cc1OC. The Balaban J connectivity index is 2.47. The van der Waals surface area contributed by atoms with E-state index in [9.17, 15) is 9.59 Å². The first-order chi connectivity index (χ1) is 11.9. The fraction of sp³-hybridized carbons (Fsp3) is 0.579. The van der Waals surface area contributed by atoms with E-state index in [2.05, 4.69) is 19.2 Å². The zero-order chi connectivity index (χ0) is 18.8. The molecule has 0 aromatic heterocycles. The normalized spacial score (nSPS) is 10.5. The summed E-state index contributed by atoms with van der Waals surface area (Å²) >= 11 is 0. The molecule has 0 heterocycles. The molecule has 140 valence electrons. The number of methoxy groups -OCH3 is 2. The van der Waals surface area contributed by atoms with Crippen molar-refractivity contribution in [3.8, 4) is 11.5 Å². The van der Waals surface area contributed by atoms with Crippen LogP contribution in [-0.2, 0) is 16.1 Å². The summed E-state index contributed by atoms with van der Waals surface area (Å²) in [5.74, 6) is 1.74. The van der Waals surface area contributed by atoms with Crippen LogP contribution in [0.25, 0.3) is 0 Å². The van der Waals surface area contributed by atoms with Gasteiger partial charge in [0, 0.05) is 33.0 Å². The molecule has 0 radical (unpaired) electrons. The molecule has 1 N–H and O–H groups in total. The van der Waals surface area contributed by atoms with Crippen LogP contribution in [0.4, 0.5) is 0 Å². The maximum Gasteiger partial charge on any atom is 0.222 e. The number of carbonyl (C=O) groups excluding carboxylic acids is 2. The molecule has 0 aliphatic rings. The minimum absolute atomic E-state index is 0.00772. The maximum atomic E-state index is 12.1. The minimum atomic E-state index is -0.0782. The molecule has 0 saturated heterocycles. The second-order valence-corrected chi connectivity index (χ2v) is 6.40. The van der Waals surface area contributed by atoms with Gasteiger partial charge in [0.1, 0.15) is 0 Å². The van der Waals surface area contributed by atoms with Crippen molar-refractivity contribution in [2.24, 2.45) is 5.92 Å². The van der Waals surface area contributed by atoms with E-state index >= 15 is 0 Å². The highest BCUT2D eigenvalue weighted by Gasteiger charge is 2.12. The van der Waals surface area contributed by atoms with Gasteiger partial charge in [-0.2, -0.15) is 0 Å². The number of rotatable bonds is 10. The van der Waals surface area contributed by atoms with Crippen molar-refractivity contribution in [3.05, 3.63) is 23.8 Å². The number of carbonyl (C=O) groups is 2. The van der Waals surface area contributed by atoms with Crippen molar-refractivity contribution in [1.82, 2.24) is 10.2 Å². The summed E-state index contributed by atoms with van der Waals surface area (Å²) in [5, 5.41) is 2.87. The molecule has 0 spiro atoms. The van der Waals surface area contributed by atoms with Gasteiger partial charge in [-0.25, -0.2) is 0 Å². The van der Waals surface area contributed by atoms with Gasteiger partial charge in [-0.3, -0.25) is 9.59 Å². The summed E-state index contributed by atoms with van der Waals surface area (Å²) in [6.07, 6.45) is 1.23. The summed E-state index contributed by atoms with van der Waals surface area (Å²) < 4.78 is 10.4. The molecule has 6 nitrogen and oxygen atoms in total. The van der Waals surface area contributed by atoms with E-state index in [1.165, 1.54) is 0 Å². The predicted molar refractivity (Wildman–Crippen MR) is 97.7 cm³/mol. The van der Waals surface area contributed by atoms with Gasteiger partial charge < -0.3 is 19.7 Å². The zero-order valence-corrected chi connectivity index (χ0v) is 15.9. The summed E-state index contributed by atoms with van der Waals surface area (Å²) in [6, 6.07) is 5.53. The zero-order valence-electron chi connectivity index (χ0n) is 15.9. The van der Waals surface area contributed by atoms with Gasteiger partial charge in [0.15, 0.2) is 11.5 Å². The molecule has 1 aromatic carbocycles. The smallest absolute Gasteiger partial charge is 0.222 e. The van der Waals surface area contributed by atoms with E-state index in [-0.39, 0.29) is 11.8 Å². The van der Waals surface area contributed by atoms with Crippen LogP contribution >= 0.6 is 0 Å². The third-order valence-corrected chi connectivity index (χ3v) is 3.97. The third-order valence-electron chi connectivity index (χ3n) is 3.97. The van der Waals surface area contributed by atoms with E-state index < -0.39 is 0 Å². The number of hydrogen-bond acceptors (Lipinski definition) is 4. The third kappa shape index (κ3) is 7.45. The van der Waals surface area contributed by atoms with Crippen LogP contribution in [0, 0.1) is 5.92 Å². The number of nitrogens with one attached hydrogen (secondary N) is 1. The van der Waals surface area contributed by atoms with E-state index in [1.807, 2.05) is 18.2 Å². The lowest BCUT2D eigenvalue weighted by Gasteiger charge is -2.21. The van der Waals surface area contributed by atoms with Crippen LogP contribution in [0.15, 0.2) is 18.2 Å². The summed E-state index contributed by atoms with van der Waals surface area (Å²) in [4.78, 5) is 25.4. The standard InChI is InChI=1S/C19H30N2O4/c1-14(2)8-10-21(15(3)22)11-9-19(23)20-13-16-6-7-17(24-4)18(12-16)25-5/h6-7,12,14H,8-11,13H2,1-5H3,(H,20,23). The lowest BCUT2D eigenvalue weighted by atomic mass is 10.1. The monoisotopic (exact) mass is 350 g/mol. The average molecular weight is 350 g/mol. The van der Waals surface area contributed by atoms with Crippen LogP contribution in [0.1, 0.15) is 39.2 Å². The number of ether oxygens (including phenoxy) is 2. The Morgan fingerprint density at radius 2 is 1.80 bits per heavy atom. The van der Waals surface area contributed by atoms with Crippen molar-refractivity contribution in [1.29, 1.82) is 0 Å². The molecule has 0 unspecified atom stereocenters. The Kier molecular flexibility index (Phi) is 8.81. The van der Waals surface area contributed by atoms with Crippen molar-refractivity contribution < 1.29 is 19.1 Å². The second-order valence-electron chi connectivity index (χ2n) is 6.40. The summed E-state index contributed by atoms with van der Waals surface area (Å²) in [5.41, 5.74) is 0.925. The number of benzene rings is 1. The molecule has 1 rings (SSSR count). The highest BCUT2D eigenvalue weighted by molar-refractivity contribution is 5.78. The predicted octanol–water partition coefficient (Wildman–Crippen LogP) is 2.60. The fourth-order valence-electron chi connectivity index (χ4n) is 2.36. The Bertz CT molecular complexity index is 573. The van der Waals surface area contributed by atoms with Crippen LogP contribution in [0.5, 0.6) is 11.5 Å². The Labute approximate surface area is 150 Å². The van der Waals surface area contributed by atoms with E-state index in [0.29, 0.717) is 43.5 Å². The van der Waals surface area contributed by atoms with Gasteiger partial charge in [0.05, 0.1) is 14.2 Å². The first-order valence-electron chi connectivity index (χ1n) is 8.60. The number of amides is 2. The van der Waals surface area contributed by atoms with Gasteiger partial charge in [0.25, 0.3) is 0 Å². The second kappa shape index (κ2) is 10.6. The number of hydrogen-bond donors (Lipinski definition) is 1. The fourth-order valence-corrected chi connectivity index (χ4v) is 2.36. The molecule has 1 aromatic rings. The van der Waals surface area contributed by atoms with Crippen molar-refractivity contribution in [2.45, 2.75) is 40.2 Å². The summed E-state index contributed by atoms with van der Waals surface area (Å²) in [7, 11) is 3.16. The lowest BCUT2D eigenvalue weighted by molar-refractivity contribution is -0.129. The highest BCUT2D eigenvalue weighted by Crippen LogP contribution is 2.27. The van der Waals surface area contributed by atoms with Gasteiger partial charge in [0.2, 0.25) is 11.8 Å². The molecule has 6 heteroatoms. The molecular formula is C19H30N2O4. The van der Waals surface area contributed by atoms with E-state index in [0.717, 1.165) is 12.0 Å². The van der Waals surface area contributed by atoms with Gasteiger partial charge in [-0.1, -0.05) is 19.9 Å². The highest BCUT2D eigenvalue weighted by atomic mass is 16.5. The van der Waals surface area contributed by atoms with Crippen LogP contribution in [-0.4, -0.2) is 44.0 Å². The summed E-state index contributed by atoms with van der Waals surface area (Å²) in [6.45, 7) is 7.32. The Hall–Kier alpha value is -2.24. The van der Waals surface area contributed by atoms with Crippen molar-refractivity contribution >= 4 is 11.8 Å². The first-order valence-corrected chi connectivity index (χ1v) is 8.60. The van der Waals surface area contributed by atoms with Gasteiger partial charge in [-0.05, 0) is 30.0 Å². The Morgan fingerprint density at radius 1 is 1.12 bits per heavy atom. The largest absolute Gasteiger partial charge is 0.493 e. The minimum Gasteiger partial charge on any atom is -0.493 e. The van der Waals surface area contributed by atoms with Crippen molar-refractivity contribution in [3.63, 3.8) is 0 Å². The van der Waals surface area contributed by atoms with Crippen LogP contribution in [0.2, 0.25) is 0 Å². The molecule has 0 bridgehead atoms. The molecule has 2 amide bonds. The van der Waals surface area contributed by atoms with E-state index in [1.54, 1.807) is 26.0 Å². The molecule has 25 heavy (non-hydrogen) atoms. The topological polar surface area (TPSA) is 67.9 Å². The Morgan fingerprint density at radius 3 is 2.36 bits per heavy atom. The molecule has 0 fully saturated rings. The maximum absolute atomic E-state index is 12.1. The average Bonchev–Trinajstić information content (AvgIpc) is 2.58.